The van der Waals surface area contributed by atoms with E-state index >= 15 is 0 Å². The molecule has 29 heavy (non-hydrogen) atoms. The van der Waals surface area contributed by atoms with Crippen molar-refractivity contribution >= 4 is 18.0 Å². The zero-order chi connectivity index (χ0) is 20.6. The normalized spacial score (nSPS) is 11.9. The van der Waals surface area contributed by atoms with Crippen LogP contribution in [0.25, 0.3) is 0 Å². The lowest BCUT2D eigenvalue weighted by Crippen LogP contribution is -2.37. The molecule has 0 saturated carbocycles. The van der Waals surface area contributed by atoms with Crippen molar-refractivity contribution in [1.82, 2.24) is 10.7 Å². The standard InChI is InChI=1S/C20H21N3O6/c1-3-27-15-6-5-14(8-17(15)26-2)11-22-23-20(25)19(24)21-10-13-4-7-16-18(9-13)29-12-28-16/h4-9,11H,3,10,12H2,1-2H3,(H,21,24)(H,23,25)/b22-11-. The van der Waals surface area contributed by atoms with Gasteiger partial charge < -0.3 is 24.3 Å². The topological polar surface area (TPSA) is 107 Å². The van der Waals surface area contributed by atoms with Crippen molar-refractivity contribution in [3.8, 4) is 23.0 Å². The first-order valence-electron chi connectivity index (χ1n) is 8.91. The van der Waals surface area contributed by atoms with Crippen LogP contribution in [0.5, 0.6) is 23.0 Å². The van der Waals surface area contributed by atoms with Gasteiger partial charge in [-0.3, -0.25) is 9.59 Å². The van der Waals surface area contributed by atoms with E-state index < -0.39 is 11.8 Å². The van der Waals surface area contributed by atoms with Gasteiger partial charge in [-0.2, -0.15) is 5.10 Å². The van der Waals surface area contributed by atoms with E-state index in [9.17, 15) is 9.59 Å². The number of ether oxygens (including phenoxy) is 4. The van der Waals surface area contributed by atoms with Crippen molar-refractivity contribution < 1.29 is 28.5 Å². The number of nitrogens with one attached hydrogen (secondary N) is 2. The Bertz CT molecular complexity index is 928. The van der Waals surface area contributed by atoms with Crippen LogP contribution >= 0.6 is 0 Å². The summed E-state index contributed by atoms with van der Waals surface area (Å²) in [5, 5.41) is 6.32. The molecule has 2 amide bonds. The molecule has 0 aromatic heterocycles. The molecule has 0 fully saturated rings. The van der Waals surface area contributed by atoms with Gasteiger partial charge >= 0.3 is 11.8 Å². The van der Waals surface area contributed by atoms with Crippen molar-refractivity contribution in [3.63, 3.8) is 0 Å². The summed E-state index contributed by atoms with van der Waals surface area (Å²) in [6, 6.07) is 10.5. The minimum atomic E-state index is -0.875. The van der Waals surface area contributed by atoms with E-state index in [0.717, 1.165) is 5.56 Å². The van der Waals surface area contributed by atoms with Crippen molar-refractivity contribution in [2.45, 2.75) is 13.5 Å². The molecule has 152 valence electrons. The molecule has 0 radical (unpaired) electrons. The second-order valence-corrected chi connectivity index (χ2v) is 5.91. The molecule has 2 aromatic rings. The molecule has 3 rings (SSSR count). The van der Waals surface area contributed by atoms with Crippen LogP contribution < -0.4 is 29.7 Å². The van der Waals surface area contributed by atoms with Crippen LogP contribution in [-0.4, -0.2) is 38.5 Å². The molecular formula is C20H21N3O6. The minimum absolute atomic E-state index is 0.169. The van der Waals surface area contributed by atoms with Gasteiger partial charge in [0, 0.05) is 6.54 Å². The summed E-state index contributed by atoms with van der Waals surface area (Å²) >= 11 is 0. The average Bonchev–Trinajstić information content (AvgIpc) is 3.20. The maximum Gasteiger partial charge on any atom is 0.329 e. The fourth-order valence-corrected chi connectivity index (χ4v) is 2.57. The Balaban J connectivity index is 1.50. The number of hydrogen-bond donors (Lipinski definition) is 2. The van der Waals surface area contributed by atoms with Crippen LogP contribution in [0, 0.1) is 0 Å². The highest BCUT2D eigenvalue weighted by molar-refractivity contribution is 6.35. The summed E-state index contributed by atoms with van der Waals surface area (Å²) in [4.78, 5) is 23.8. The van der Waals surface area contributed by atoms with Gasteiger partial charge in [-0.25, -0.2) is 5.43 Å². The number of amides is 2. The van der Waals surface area contributed by atoms with Crippen LogP contribution in [0.4, 0.5) is 0 Å². The highest BCUT2D eigenvalue weighted by atomic mass is 16.7. The molecule has 2 N–H and O–H groups in total. The highest BCUT2D eigenvalue weighted by Gasteiger charge is 2.15. The second kappa shape index (κ2) is 9.45. The molecule has 1 aliphatic heterocycles. The molecule has 0 bridgehead atoms. The lowest BCUT2D eigenvalue weighted by Gasteiger charge is -2.09. The largest absolute Gasteiger partial charge is 0.493 e. The van der Waals surface area contributed by atoms with Crippen molar-refractivity contribution in [3.05, 3.63) is 47.5 Å². The Hall–Kier alpha value is -3.75. The minimum Gasteiger partial charge on any atom is -0.493 e. The third-order valence-corrected chi connectivity index (χ3v) is 3.96. The number of carbonyl (C=O) groups is 2. The summed E-state index contributed by atoms with van der Waals surface area (Å²) < 4.78 is 21.2. The number of rotatable bonds is 7. The number of benzene rings is 2. The Labute approximate surface area is 167 Å². The van der Waals surface area contributed by atoms with E-state index in [2.05, 4.69) is 15.8 Å². The molecule has 9 heteroatoms. The lowest BCUT2D eigenvalue weighted by atomic mass is 10.2. The van der Waals surface area contributed by atoms with Gasteiger partial charge in [-0.15, -0.1) is 0 Å². The fourth-order valence-electron chi connectivity index (χ4n) is 2.57. The molecule has 1 heterocycles. The molecule has 0 spiro atoms. The SMILES string of the molecule is CCOc1ccc(/C=N\NC(=O)C(=O)NCc2ccc3c(c2)OCO3)cc1OC. The Morgan fingerprint density at radius 2 is 1.93 bits per heavy atom. The van der Waals surface area contributed by atoms with Crippen LogP contribution in [-0.2, 0) is 16.1 Å². The van der Waals surface area contributed by atoms with Gasteiger partial charge in [0.1, 0.15) is 0 Å². The maximum absolute atomic E-state index is 11.9. The first kappa shape index (κ1) is 20.0. The number of nitrogens with zero attached hydrogens (tertiary/aromatic N) is 1. The Kier molecular flexibility index (Phi) is 6.51. The van der Waals surface area contributed by atoms with Gasteiger partial charge in [-0.1, -0.05) is 6.07 Å². The van der Waals surface area contributed by atoms with Gasteiger partial charge in [-0.05, 0) is 48.4 Å². The van der Waals surface area contributed by atoms with Crippen molar-refractivity contribution in [1.29, 1.82) is 0 Å². The average molecular weight is 399 g/mol. The van der Waals surface area contributed by atoms with Gasteiger partial charge in [0.05, 0.1) is 19.9 Å². The third-order valence-electron chi connectivity index (χ3n) is 3.96. The van der Waals surface area contributed by atoms with E-state index in [4.69, 9.17) is 18.9 Å². The third kappa shape index (κ3) is 5.16. The van der Waals surface area contributed by atoms with Crippen LogP contribution in [0.1, 0.15) is 18.1 Å². The quantitative estimate of drug-likeness (QED) is 0.416. The molecule has 2 aromatic carbocycles. The summed E-state index contributed by atoms with van der Waals surface area (Å²) in [5.41, 5.74) is 3.64. The number of hydrazone groups is 1. The predicted molar refractivity (Wildman–Crippen MR) is 104 cm³/mol. The summed E-state index contributed by atoms with van der Waals surface area (Å²) in [6.07, 6.45) is 1.40. The van der Waals surface area contributed by atoms with Crippen LogP contribution in [0.2, 0.25) is 0 Å². The fraction of sp³-hybridized carbons (Fsp3) is 0.250. The first-order valence-corrected chi connectivity index (χ1v) is 8.91. The predicted octanol–water partition coefficient (Wildman–Crippen LogP) is 1.59. The molecule has 0 aliphatic carbocycles. The Morgan fingerprint density at radius 3 is 2.72 bits per heavy atom. The number of hydrogen-bond acceptors (Lipinski definition) is 7. The zero-order valence-corrected chi connectivity index (χ0v) is 16.1. The van der Waals surface area contributed by atoms with E-state index in [1.807, 2.05) is 6.92 Å². The molecule has 0 saturated heterocycles. The van der Waals surface area contributed by atoms with E-state index in [1.54, 1.807) is 36.4 Å². The zero-order valence-electron chi connectivity index (χ0n) is 16.1. The first-order chi connectivity index (χ1) is 14.1. The number of carbonyl (C=O) groups excluding carboxylic acids is 2. The molecule has 1 aliphatic rings. The number of methoxy groups -OCH3 is 1. The smallest absolute Gasteiger partial charge is 0.329 e. The maximum atomic E-state index is 11.9. The molecular weight excluding hydrogens is 378 g/mol. The molecule has 0 unspecified atom stereocenters. The van der Waals surface area contributed by atoms with E-state index in [-0.39, 0.29) is 13.3 Å². The Morgan fingerprint density at radius 1 is 1.10 bits per heavy atom. The summed E-state index contributed by atoms with van der Waals surface area (Å²) in [5.74, 6) is 0.737. The number of fused-ring (bicyclic) bond motifs is 1. The molecule has 9 nitrogen and oxygen atoms in total. The summed E-state index contributed by atoms with van der Waals surface area (Å²) in [7, 11) is 1.53. The monoisotopic (exact) mass is 399 g/mol. The van der Waals surface area contributed by atoms with E-state index in [1.165, 1.54) is 13.3 Å². The summed E-state index contributed by atoms with van der Waals surface area (Å²) in [6.45, 7) is 2.73. The van der Waals surface area contributed by atoms with Gasteiger partial charge in [0.15, 0.2) is 23.0 Å². The van der Waals surface area contributed by atoms with Gasteiger partial charge in [0.2, 0.25) is 6.79 Å². The lowest BCUT2D eigenvalue weighted by molar-refractivity contribution is -0.139. The van der Waals surface area contributed by atoms with Gasteiger partial charge in [0.25, 0.3) is 0 Å². The van der Waals surface area contributed by atoms with E-state index in [0.29, 0.717) is 35.2 Å². The van der Waals surface area contributed by atoms with Crippen LogP contribution in [0.3, 0.4) is 0 Å². The van der Waals surface area contributed by atoms with Crippen molar-refractivity contribution in [2.24, 2.45) is 5.10 Å². The van der Waals surface area contributed by atoms with Crippen molar-refractivity contribution in [2.75, 3.05) is 20.5 Å². The van der Waals surface area contributed by atoms with Crippen LogP contribution in [0.15, 0.2) is 41.5 Å². The molecule has 0 atom stereocenters. The highest BCUT2D eigenvalue weighted by Crippen LogP contribution is 2.32. The second-order valence-electron chi connectivity index (χ2n) is 5.91.